The number of nitrogens with one attached hydrogen (secondary N) is 1. The molecule has 0 unspecified atom stereocenters. The molecule has 0 saturated heterocycles. The summed E-state index contributed by atoms with van der Waals surface area (Å²) in [6.07, 6.45) is 0. The molecule has 2 heterocycles. The van der Waals surface area contributed by atoms with Crippen LogP contribution >= 0.6 is 22.7 Å². The minimum Gasteiger partial charge on any atom is -0.481 e. The molecule has 0 aromatic carbocycles. The van der Waals surface area contributed by atoms with Gasteiger partial charge in [-0.05, 0) is 32.2 Å². The number of amides is 1. The maximum absolute atomic E-state index is 12.2. The number of carbonyl (C=O) groups excluding carboxylic acids is 1. The summed E-state index contributed by atoms with van der Waals surface area (Å²) in [5, 5.41) is 16.5. The average Bonchev–Trinajstić information content (AvgIpc) is 3.04. The van der Waals surface area contributed by atoms with Gasteiger partial charge in [0.2, 0.25) is 0 Å². The number of hydrogen-bond donors (Lipinski definition) is 2. The van der Waals surface area contributed by atoms with Gasteiger partial charge < -0.3 is 10.4 Å². The molecule has 0 atom stereocenters. The molecule has 2 aromatic heterocycles. The summed E-state index contributed by atoms with van der Waals surface area (Å²) in [6, 6.07) is 1.96. The van der Waals surface area contributed by atoms with Crippen LogP contribution in [0.4, 0.5) is 0 Å². The Labute approximate surface area is 130 Å². The van der Waals surface area contributed by atoms with Gasteiger partial charge in [-0.1, -0.05) is 0 Å². The molecule has 0 aliphatic heterocycles. The van der Waals surface area contributed by atoms with Gasteiger partial charge in [-0.3, -0.25) is 9.59 Å². The maximum Gasteiger partial charge on any atom is 0.310 e. The standard InChI is InChI=1S/C14H16N2O3S2/c1-8-10(11(17)15-7-14(2,3)13(18)19)21-12(16-8)9-4-5-20-6-9/h4-6H,7H2,1-3H3,(H,15,17)(H,18,19). The van der Waals surface area contributed by atoms with E-state index in [4.69, 9.17) is 5.11 Å². The molecule has 0 bridgehead atoms. The van der Waals surface area contributed by atoms with E-state index in [1.165, 1.54) is 11.3 Å². The van der Waals surface area contributed by atoms with Crippen molar-refractivity contribution in [3.05, 3.63) is 27.4 Å². The molecular weight excluding hydrogens is 308 g/mol. The van der Waals surface area contributed by atoms with Crippen LogP contribution in [0.1, 0.15) is 29.2 Å². The number of aryl methyl sites for hydroxylation is 1. The zero-order valence-corrected chi connectivity index (χ0v) is 13.6. The number of aromatic nitrogens is 1. The molecule has 2 aromatic rings. The van der Waals surface area contributed by atoms with Gasteiger partial charge >= 0.3 is 5.97 Å². The second-order valence-corrected chi connectivity index (χ2v) is 7.10. The van der Waals surface area contributed by atoms with Crippen LogP contribution in [0, 0.1) is 12.3 Å². The highest BCUT2D eigenvalue weighted by atomic mass is 32.1. The summed E-state index contributed by atoms with van der Waals surface area (Å²) >= 11 is 2.90. The largest absolute Gasteiger partial charge is 0.481 e. The molecule has 2 N–H and O–H groups in total. The van der Waals surface area contributed by atoms with Gasteiger partial charge in [-0.15, -0.1) is 11.3 Å². The SMILES string of the molecule is Cc1nc(-c2ccsc2)sc1C(=O)NCC(C)(C)C(=O)O. The van der Waals surface area contributed by atoms with Crippen molar-refractivity contribution in [1.29, 1.82) is 0 Å². The highest BCUT2D eigenvalue weighted by Crippen LogP contribution is 2.29. The lowest BCUT2D eigenvalue weighted by atomic mass is 9.94. The van der Waals surface area contributed by atoms with Gasteiger partial charge in [0.25, 0.3) is 5.91 Å². The van der Waals surface area contributed by atoms with Crippen LogP contribution in [-0.2, 0) is 4.79 Å². The van der Waals surface area contributed by atoms with Crippen LogP contribution in [0.25, 0.3) is 10.6 Å². The Bertz CT molecular complexity index is 660. The number of carbonyl (C=O) groups is 2. The van der Waals surface area contributed by atoms with Crippen molar-refractivity contribution < 1.29 is 14.7 Å². The normalized spacial score (nSPS) is 11.4. The van der Waals surface area contributed by atoms with Gasteiger partial charge in [0.05, 0.1) is 11.1 Å². The van der Waals surface area contributed by atoms with Gasteiger partial charge in [0.1, 0.15) is 9.88 Å². The van der Waals surface area contributed by atoms with Crippen molar-refractivity contribution in [2.45, 2.75) is 20.8 Å². The molecule has 0 saturated carbocycles. The van der Waals surface area contributed by atoms with Crippen LogP contribution in [0.2, 0.25) is 0 Å². The Hall–Kier alpha value is -1.73. The number of thiophene rings is 1. The number of carboxylic acid groups (broad SMARTS) is 1. The quantitative estimate of drug-likeness (QED) is 0.886. The number of thiazole rings is 1. The van der Waals surface area contributed by atoms with Crippen molar-refractivity contribution in [2.75, 3.05) is 6.54 Å². The van der Waals surface area contributed by atoms with Crippen LogP contribution < -0.4 is 5.32 Å². The molecule has 21 heavy (non-hydrogen) atoms. The lowest BCUT2D eigenvalue weighted by Gasteiger charge is -2.19. The first-order valence-electron chi connectivity index (χ1n) is 6.33. The van der Waals surface area contributed by atoms with Gasteiger partial charge in [0, 0.05) is 17.5 Å². The molecule has 2 rings (SSSR count). The lowest BCUT2D eigenvalue weighted by molar-refractivity contribution is -0.146. The van der Waals surface area contributed by atoms with Gasteiger partial charge in [0.15, 0.2) is 0 Å². The molecule has 7 heteroatoms. The van der Waals surface area contributed by atoms with Crippen molar-refractivity contribution >= 4 is 34.6 Å². The first-order chi connectivity index (χ1) is 9.81. The molecule has 0 fully saturated rings. The molecule has 0 aliphatic carbocycles. The van der Waals surface area contributed by atoms with E-state index >= 15 is 0 Å². The van der Waals surface area contributed by atoms with Gasteiger partial charge in [-0.25, -0.2) is 4.98 Å². The number of aliphatic carboxylic acids is 1. The van der Waals surface area contributed by atoms with Crippen LogP contribution in [0.3, 0.4) is 0 Å². The predicted molar refractivity (Wildman–Crippen MR) is 83.9 cm³/mol. The first kappa shape index (κ1) is 15.7. The molecule has 112 valence electrons. The Morgan fingerprint density at radius 3 is 2.71 bits per heavy atom. The van der Waals surface area contributed by atoms with E-state index in [2.05, 4.69) is 10.3 Å². The summed E-state index contributed by atoms with van der Waals surface area (Å²) in [4.78, 5) is 28.2. The summed E-state index contributed by atoms with van der Waals surface area (Å²) in [5.41, 5.74) is 0.662. The average molecular weight is 324 g/mol. The van der Waals surface area contributed by atoms with Crippen LogP contribution in [0.15, 0.2) is 16.8 Å². The fourth-order valence-corrected chi connectivity index (χ4v) is 3.27. The smallest absolute Gasteiger partial charge is 0.310 e. The topological polar surface area (TPSA) is 79.3 Å². The van der Waals surface area contributed by atoms with Crippen molar-refractivity contribution in [3.63, 3.8) is 0 Å². The second kappa shape index (κ2) is 5.95. The third-order valence-electron chi connectivity index (χ3n) is 3.04. The molecule has 1 amide bonds. The van der Waals surface area contributed by atoms with Crippen molar-refractivity contribution in [2.24, 2.45) is 5.41 Å². The maximum atomic E-state index is 12.2. The Balaban J connectivity index is 2.12. The number of rotatable bonds is 5. The third kappa shape index (κ3) is 3.48. The summed E-state index contributed by atoms with van der Waals surface area (Å²) in [6.45, 7) is 5.01. The molecule has 0 radical (unpaired) electrons. The third-order valence-corrected chi connectivity index (χ3v) is 4.93. The number of hydrogen-bond acceptors (Lipinski definition) is 5. The number of nitrogens with zero attached hydrogens (tertiary/aromatic N) is 1. The van der Waals surface area contributed by atoms with Crippen molar-refractivity contribution in [1.82, 2.24) is 10.3 Å². The van der Waals surface area contributed by atoms with E-state index < -0.39 is 11.4 Å². The van der Waals surface area contributed by atoms with E-state index in [1.807, 2.05) is 16.8 Å². The highest BCUT2D eigenvalue weighted by molar-refractivity contribution is 7.17. The predicted octanol–water partition coefficient (Wildman–Crippen LogP) is 3.02. The van der Waals surface area contributed by atoms with E-state index in [-0.39, 0.29) is 12.5 Å². The zero-order valence-electron chi connectivity index (χ0n) is 12.0. The lowest BCUT2D eigenvalue weighted by Crippen LogP contribution is -2.38. The summed E-state index contributed by atoms with van der Waals surface area (Å²) in [5.74, 6) is -1.22. The Morgan fingerprint density at radius 2 is 2.14 bits per heavy atom. The fourth-order valence-electron chi connectivity index (χ4n) is 1.57. The highest BCUT2D eigenvalue weighted by Gasteiger charge is 2.28. The monoisotopic (exact) mass is 324 g/mol. The van der Waals surface area contributed by atoms with Gasteiger partial charge in [-0.2, -0.15) is 11.3 Å². The second-order valence-electron chi connectivity index (χ2n) is 5.32. The Kier molecular flexibility index (Phi) is 4.43. The van der Waals surface area contributed by atoms with Crippen molar-refractivity contribution in [3.8, 4) is 10.6 Å². The summed E-state index contributed by atoms with van der Waals surface area (Å²) in [7, 11) is 0. The van der Waals surface area contributed by atoms with E-state index in [0.29, 0.717) is 10.6 Å². The molecule has 5 nitrogen and oxygen atoms in total. The molecule has 0 spiro atoms. The summed E-state index contributed by atoms with van der Waals surface area (Å²) < 4.78 is 0. The van der Waals surface area contributed by atoms with Crippen LogP contribution in [-0.4, -0.2) is 28.5 Å². The first-order valence-corrected chi connectivity index (χ1v) is 8.09. The van der Waals surface area contributed by atoms with E-state index in [9.17, 15) is 9.59 Å². The van der Waals surface area contributed by atoms with Crippen LogP contribution in [0.5, 0.6) is 0 Å². The molecular formula is C14H16N2O3S2. The van der Waals surface area contributed by atoms with E-state index in [0.717, 1.165) is 10.6 Å². The number of carboxylic acids is 1. The van der Waals surface area contributed by atoms with E-state index in [1.54, 1.807) is 32.1 Å². The Morgan fingerprint density at radius 1 is 1.43 bits per heavy atom. The minimum absolute atomic E-state index is 0.0757. The minimum atomic E-state index is -0.996. The molecule has 0 aliphatic rings. The zero-order chi connectivity index (χ0) is 15.6. The fraction of sp³-hybridized carbons (Fsp3) is 0.357.